The van der Waals surface area contributed by atoms with Gasteiger partial charge in [-0.1, -0.05) is 6.92 Å². The highest BCUT2D eigenvalue weighted by Gasteiger charge is 2.35. The fourth-order valence-corrected chi connectivity index (χ4v) is 2.61. The highest BCUT2D eigenvalue weighted by Crippen LogP contribution is 2.25. The van der Waals surface area contributed by atoms with Gasteiger partial charge in [-0.15, -0.1) is 0 Å². The average Bonchev–Trinajstić information content (AvgIpc) is 2.77. The summed E-state index contributed by atoms with van der Waals surface area (Å²) in [6.07, 6.45) is 3.25. The summed E-state index contributed by atoms with van der Waals surface area (Å²) in [5, 5.41) is 13.2. The summed E-state index contributed by atoms with van der Waals surface area (Å²) in [4.78, 5) is 18.5. The monoisotopic (exact) mass is 341 g/mol. The number of aromatic nitrogens is 1. The molecule has 5 nitrogen and oxygen atoms in total. The molecule has 2 rings (SSSR count). The first-order chi connectivity index (χ1) is 9.43. The van der Waals surface area contributed by atoms with Gasteiger partial charge in [0.15, 0.2) is 0 Å². The number of hydrogen-bond donors (Lipinski definition) is 2. The first kappa shape index (κ1) is 15.3. The van der Waals surface area contributed by atoms with Gasteiger partial charge >= 0.3 is 0 Å². The van der Waals surface area contributed by atoms with Crippen LogP contribution in [0.5, 0.6) is 0 Å². The Labute approximate surface area is 127 Å². The summed E-state index contributed by atoms with van der Waals surface area (Å²) < 4.78 is 0.772. The Balaban J connectivity index is 2.22. The van der Waals surface area contributed by atoms with Gasteiger partial charge in [-0.3, -0.25) is 4.79 Å². The molecule has 1 amide bonds. The first-order valence-corrected chi connectivity index (χ1v) is 7.63. The molecule has 0 aliphatic carbocycles. The number of pyridine rings is 1. The zero-order valence-corrected chi connectivity index (χ0v) is 13.4. The van der Waals surface area contributed by atoms with Crippen LogP contribution in [0.4, 0.5) is 5.82 Å². The number of aliphatic hydroxyl groups is 1. The van der Waals surface area contributed by atoms with Gasteiger partial charge in [-0.25, -0.2) is 4.98 Å². The van der Waals surface area contributed by atoms with Crippen LogP contribution in [-0.2, 0) is 0 Å². The van der Waals surface area contributed by atoms with Crippen molar-refractivity contribution in [2.45, 2.75) is 32.3 Å². The van der Waals surface area contributed by atoms with Gasteiger partial charge in [0.25, 0.3) is 5.91 Å². The molecular weight excluding hydrogens is 322 g/mol. The third-order valence-electron chi connectivity index (χ3n) is 3.37. The van der Waals surface area contributed by atoms with E-state index in [1.54, 1.807) is 24.1 Å². The summed E-state index contributed by atoms with van der Waals surface area (Å²) >= 11 is 3.35. The molecule has 110 valence electrons. The van der Waals surface area contributed by atoms with Gasteiger partial charge in [0, 0.05) is 30.3 Å². The number of nitrogens with zero attached hydrogens (tertiary/aromatic N) is 2. The number of likely N-dealkylation sites (tertiary alicyclic amines) is 1. The Morgan fingerprint density at radius 2 is 2.40 bits per heavy atom. The van der Waals surface area contributed by atoms with E-state index >= 15 is 0 Å². The van der Waals surface area contributed by atoms with Crippen LogP contribution in [0.25, 0.3) is 0 Å². The summed E-state index contributed by atoms with van der Waals surface area (Å²) in [5.41, 5.74) is -0.239. The molecule has 0 saturated carbocycles. The van der Waals surface area contributed by atoms with Gasteiger partial charge in [0.1, 0.15) is 5.82 Å². The Morgan fingerprint density at radius 1 is 1.65 bits per heavy atom. The minimum absolute atomic E-state index is 0.0878. The third kappa shape index (κ3) is 3.49. The summed E-state index contributed by atoms with van der Waals surface area (Å²) in [6, 6.07) is 1.78. The van der Waals surface area contributed by atoms with Gasteiger partial charge in [0.05, 0.1) is 11.2 Å². The summed E-state index contributed by atoms with van der Waals surface area (Å²) in [5.74, 6) is 0.516. The molecule has 1 aromatic heterocycles. The molecule has 0 bridgehead atoms. The van der Waals surface area contributed by atoms with Crippen molar-refractivity contribution in [1.82, 2.24) is 9.88 Å². The molecule has 1 aliphatic rings. The topological polar surface area (TPSA) is 65.5 Å². The highest BCUT2D eigenvalue weighted by molar-refractivity contribution is 9.10. The fraction of sp³-hybridized carbons (Fsp3) is 0.571. The van der Waals surface area contributed by atoms with E-state index in [4.69, 9.17) is 0 Å². The lowest BCUT2D eigenvalue weighted by atomic mass is 10.1. The number of anilines is 1. The van der Waals surface area contributed by atoms with Gasteiger partial charge in [-0.05, 0) is 41.8 Å². The van der Waals surface area contributed by atoms with E-state index in [-0.39, 0.29) is 5.91 Å². The number of carbonyl (C=O) groups excluding carboxylic acids is 1. The van der Waals surface area contributed by atoms with Crippen molar-refractivity contribution in [3.63, 3.8) is 0 Å². The fourth-order valence-electron chi connectivity index (χ4n) is 2.28. The molecule has 6 heteroatoms. The van der Waals surface area contributed by atoms with Crippen LogP contribution in [0.2, 0.25) is 0 Å². The smallest absolute Gasteiger partial charge is 0.257 e. The van der Waals surface area contributed by atoms with Crippen molar-refractivity contribution in [1.29, 1.82) is 0 Å². The highest BCUT2D eigenvalue weighted by atomic mass is 79.9. The Morgan fingerprint density at radius 3 is 3.00 bits per heavy atom. The maximum atomic E-state index is 12.6. The van der Waals surface area contributed by atoms with Crippen LogP contribution in [0, 0.1) is 0 Å². The predicted octanol–water partition coefficient (Wildman–Crippen LogP) is 2.26. The quantitative estimate of drug-likeness (QED) is 0.881. The number of carbonyl (C=O) groups is 1. The predicted molar refractivity (Wildman–Crippen MR) is 81.9 cm³/mol. The van der Waals surface area contributed by atoms with Crippen molar-refractivity contribution < 1.29 is 9.90 Å². The number of hydrogen-bond acceptors (Lipinski definition) is 4. The third-order valence-corrected chi connectivity index (χ3v) is 3.80. The molecule has 1 aliphatic heterocycles. The second-order valence-electron chi connectivity index (χ2n) is 5.45. The standard InChI is InChI=1S/C14H20BrN3O2/c1-3-5-16-12-11(7-10(15)8-17-12)13(19)18-6-4-14(2,20)9-18/h7-8,20H,3-6,9H2,1-2H3,(H,16,17). The summed E-state index contributed by atoms with van der Waals surface area (Å²) in [7, 11) is 0. The average molecular weight is 342 g/mol. The molecule has 1 fully saturated rings. The number of amides is 1. The molecule has 1 saturated heterocycles. The van der Waals surface area contributed by atoms with E-state index in [0.29, 0.717) is 30.9 Å². The van der Waals surface area contributed by atoms with Crippen molar-refractivity contribution >= 4 is 27.7 Å². The van der Waals surface area contributed by atoms with E-state index < -0.39 is 5.60 Å². The largest absolute Gasteiger partial charge is 0.388 e. The molecule has 1 unspecified atom stereocenters. The molecular formula is C14H20BrN3O2. The van der Waals surface area contributed by atoms with Crippen molar-refractivity contribution in [2.24, 2.45) is 0 Å². The van der Waals surface area contributed by atoms with E-state index in [1.165, 1.54) is 0 Å². The van der Waals surface area contributed by atoms with Gasteiger partial charge in [0.2, 0.25) is 0 Å². The zero-order chi connectivity index (χ0) is 14.8. The Kier molecular flexibility index (Phi) is 4.65. The molecule has 0 aromatic carbocycles. The van der Waals surface area contributed by atoms with E-state index in [0.717, 1.165) is 17.4 Å². The van der Waals surface area contributed by atoms with Crippen molar-refractivity contribution in [2.75, 3.05) is 25.0 Å². The van der Waals surface area contributed by atoms with Gasteiger partial charge < -0.3 is 15.3 Å². The lowest BCUT2D eigenvalue weighted by molar-refractivity contribution is 0.0572. The van der Waals surface area contributed by atoms with Crippen LogP contribution in [0.1, 0.15) is 37.0 Å². The molecule has 1 atom stereocenters. The lowest BCUT2D eigenvalue weighted by Gasteiger charge is -2.20. The number of β-amino-alcohol motifs (C(OH)–C–C–N with tert-alkyl or cyclic N) is 1. The normalized spacial score (nSPS) is 22.1. The van der Waals surface area contributed by atoms with Crippen molar-refractivity contribution in [3.8, 4) is 0 Å². The van der Waals surface area contributed by atoms with E-state index in [9.17, 15) is 9.90 Å². The van der Waals surface area contributed by atoms with E-state index in [1.807, 2.05) is 0 Å². The second kappa shape index (κ2) is 6.10. The lowest BCUT2D eigenvalue weighted by Crippen LogP contribution is -2.34. The van der Waals surface area contributed by atoms with Gasteiger partial charge in [-0.2, -0.15) is 0 Å². The first-order valence-electron chi connectivity index (χ1n) is 6.84. The maximum absolute atomic E-state index is 12.6. The van der Waals surface area contributed by atoms with E-state index in [2.05, 4.69) is 33.2 Å². The maximum Gasteiger partial charge on any atom is 0.257 e. The second-order valence-corrected chi connectivity index (χ2v) is 6.37. The summed E-state index contributed by atoms with van der Waals surface area (Å²) in [6.45, 7) is 5.53. The Hall–Kier alpha value is -1.14. The zero-order valence-electron chi connectivity index (χ0n) is 11.8. The van der Waals surface area contributed by atoms with Crippen LogP contribution in [-0.4, -0.2) is 46.1 Å². The molecule has 0 radical (unpaired) electrons. The Bertz CT molecular complexity index is 505. The number of nitrogens with one attached hydrogen (secondary N) is 1. The van der Waals surface area contributed by atoms with Crippen LogP contribution in [0.3, 0.4) is 0 Å². The number of halogens is 1. The SMILES string of the molecule is CCCNc1ncc(Br)cc1C(=O)N1CCC(C)(O)C1. The van der Waals surface area contributed by atoms with Crippen molar-refractivity contribution in [3.05, 3.63) is 22.3 Å². The van der Waals surface area contributed by atoms with Crippen LogP contribution < -0.4 is 5.32 Å². The molecule has 20 heavy (non-hydrogen) atoms. The number of rotatable bonds is 4. The molecule has 1 aromatic rings. The minimum Gasteiger partial charge on any atom is -0.388 e. The van der Waals surface area contributed by atoms with Crippen LogP contribution >= 0.6 is 15.9 Å². The minimum atomic E-state index is -0.786. The molecule has 0 spiro atoms. The van der Waals surface area contributed by atoms with Crippen LogP contribution in [0.15, 0.2) is 16.7 Å². The molecule has 2 N–H and O–H groups in total. The molecule has 2 heterocycles.